The highest BCUT2D eigenvalue weighted by Crippen LogP contribution is 2.25. The van der Waals surface area contributed by atoms with Gasteiger partial charge in [0, 0.05) is 88.9 Å². The summed E-state index contributed by atoms with van der Waals surface area (Å²) >= 11 is 0. The van der Waals surface area contributed by atoms with E-state index in [-0.39, 0.29) is 24.3 Å². The third-order valence-corrected chi connectivity index (χ3v) is 7.02. The Labute approximate surface area is 220 Å². The van der Waals surface area contributed by atoms with Gasteiger partial charge in [-0.25, -0.2) is 4.98 Å². The van der Waals surface area contributed by atoms with E-state index >= 15 is 0 Å². The first-order valence-corrected chi connectivity index (χ1v) is 13.3. The highest BCUT2D eigenvalue weighted by molar-refractivity contribution is 5.98. The van der Waals surface area contributed by atoms with Crippen LogP contribution in [0, 0.1) is 5.92 Å². The Bertz CT molecular complexity index is 1040. The molecule has 9 heteroatoms. The number of carbonyl (C=O) groups excluding carboxylic acids is 2. The Morgan fingerprint density at radius 3 is 1.92 bits per heavy atom. The van der Waals surface area contributed by atoms with Gasteiger partial charge >= 0.3 is 0 Å². The number of rotatable bonds is 8. The van der Waals surface area contributed by atoms with Gasteiger partial charge in [-0.15, -0.1) is 0 Å². The van der Waals surface area contributed by atoms with Crippen molar-refractivity contribution in [1.29, 1.82) is 0 Å². The van der Waals surface area contributed by atoms with Gasteiger partial charge in [-0.3, -0.25) is 14.5 Å². The second kappa shape index (κ2) is 12.4. The number of amides is 2. The molecule has 2 saturated heterocycles. The van der Waals surface area contributed by atoms with Crippen LogP contribution in [0.1, 0.15) is 41.5 Å². The molecular weight excluding hydrogens is 468 g/mol. The quantitative estimate of drug-likeness (QED) is 0.565. The first kappa shape index (κ1) is 26.9. The number of nitrogens with one attached hydrogen (secondary N) is 1. The second-order valence-electron chi connectivity index (χ2n) is 10.4. The number of anilines is 2. The maximum Gasteiger partial charge on any atom is 0.253 e. The van der Waals surface area contributed by atoms with Crippen molar-refractivity contribution in [2.75, 3.05) is 75.7 Å². The number of nitrogens with zero attached hydrogens (tertiary/aromatic N) is 5. The van der Waals surface area contributed by atoms with Gasteiger partial charge in [0.1, 0.15) is 0 Å². The normalized spacial score (nSPS) is 17.7. The van der Waals surface area contributed by atoms with Crippen LogP contribution in [0.4, 0.5) is 11.5 Å². The molecule has 2 aromatic rings. The molecule has 1 aromatic carbocycles. The van der Waals surface area contributed by atoms with Crippen LogP contribution in [0.5, 0.6) is 0 Å². The topological polar surface area (TPSA) is 92.2 Å². The molecule has 2 amide bonds. The van der Waals surface area contributed by atoms with Crippen LogP contribution in [-0.4, -0.2) is 108 Å². The Kier molecular flexibility index (Phi) is 9.00. The Hall–Kier alpha value is -3.17. The van der Waals surface area contributed by atoms with E-state index in [0.717, 1.165) is 44.2 Å². The van der Waals surface area contributed by atoms with Crippen LogP contribution in [0.25, 0.3) is 0 Å². The van der Waals surface area contributed by atoms with Crippen LogP contribution in [0.3, 0.4) is 0 Å². The Morgan fingerprint density at radius 1 is 0.865 bits per heavy atom. The standard InChI is InChI=1S/C28H40N6O3/c1-21(2)30-25-5-4-10-29-26(25)32-15-17-34(18-16-32)28(37)24-8-6-23(7-9-24)27(36)33-13-11-31(12-14-33)19-22(3)20-35/h4-10,21-22,30,35H,11-20H2,1-3H3/t22-/m0/s1. The van der Waals surface area contributed by atoms with E-state index in [9.17, 15) is 14.7 Å². The van der Waals surface area contributed by atoms with Crippen LogP contribution < -0.4 is 10.2 Å². The number of pyridine rings is 1. The lowest BCUT2D eigenvalue weighted by Crippen LogP contribution is -2.50. The van der Waals surface area contributed by atoms with Crippen molar-refractivity contribution in [3.63, 3.8) is 0 Å². The molecule has 2 aliphatic heterocycles. The highest BCUT2D eigenvalue weighted by atomic mass is 16.3. The predicted molar refractivity (Wildman–Crippen MR) is 146 cm³/mol. The first-order valence-electron chi connectivity index (χ1n) is 13.3. The fourth-order valence-corrected chi connectivity index (χ4v) is 4.95. The van der Waals surface area contributed by atoms with Gasteiger partial charge in [0.05, 0.1) is 5.69 Å². The van der Waals surface area contributed by atoms with Crippen LogP contribution in [-0.2, 0) is 0 Å². The molecule has 4 rings (SSSR count). The van der Waals surface area contributed by atoms with E-state index in [2.05, 4.69) is 33.9 Å². The minimum absolute atomic E-state index is 0.00337. The Morgan fingerprint density at radius 2 is 1.41 bits per heavy atom. The predicted octanol–water partition coefficient (Wildman–Crippen LogP) is 2.25. The number of benzene rings is 1. The lowest BCUT2D eigenvalue weighted by atomic mass is 10.1. The molecule has 9 nitrogen and oxygen atoms in total. The number of aliphatic hydroxyl groups is 1. The van der Waals surface area contributed by atoms with Crippen LogP contribution in [0.2, 0.25) is 0 Å². The van der Waals surface area contributed by atoms with Gasteiger partial charge < -0.3 is 25.1 Å². The zero-order chi connectivity index (χ0) is 26.4. The van der Waals surface area contributed by atoms with E-state index < -0.39 is 0 Å². The molecule has 0 bridgehead atoms. The lowest BCUT2D eigenvalue weighted by molar-refractivity contribution is 0.0601. The Balaban J connectivity index is 1.30. The van der Waals surface area contributed by atoms with Gasteiger partial charge in [0.2, 0.25) is 0 Å². The SMILES string of the molecule is CC(C)Nc1cccnc1N1CCN(C(=O)c2ccc(C(=O)N3CCN(C[C@H](C)CO)CC3)cc2)CC1. The number of carbonyl (C=O) groups is 2. The van der Waals surface area contributed by atoms with Crippen molar-refractivity contribution in [2.24, 2.45) is 5.92 Å². The van der Waals surface area contributed by atoms with Crippen molar-refractivity contribution in [1.82, 2.24) is 19.7 Å². The summed E-state index contributed by atoms with van der Waals surface area (Å²) in [4.78, 5) is 39.0. The minimum Gasteiger partial charge on any atom is -0.396 e. The van der Waals surface area contributed by atoms with Gasteiger partial charge in [-0.1, -0.05) is 6.92 Å². The number of hydrogen-bond donors (Lipinski definition) is 2. The zero-order valence-corrected chi connectivity index (χ0v) is 22.3. The number of hydrogen-bond acceptors (Lipinski definition) is 7. The average Bonchev–Trinajstić information content (AvgIpc) is 2.93. The van der Waals surface area contributed by atoms with Crippen molar-refractivity contribution >= 4 is 23.3 Å². The first-order chi connectivity index (χ1) is 17.9. The smallest absolute Gasteiger partial charge is 0.253 e. The van der Waals surface area contributed by atoms with Gasteiger partial charge in [0.15, 0.2) is 5.82 Å². The van der Waals surface area contributed by atoms with Crippen molar-refractivity contribution in [2.45, 2.75) is 26.8 Å². The summed E-state index contributed by atoms with van der Waals surface area (Å²) in [5, 5.41) is 12.7. The lowest BCUT2D eigenvalue weighted by Gasteiger charge is -2.36. The number of aliphatic hydroxyl groups excluding tert-OH is 1. The molecule has 1 aromatic heterocycles. The zero-order valence-electron chi connectivity index (χ0n) is 22.3. The monoisotopic (exact) mass is 508 g/mol. The molecule has 200 valence electrons. The minimum atomic E-state index is -0.00758. The van der Waals surface area contributed by atoms with E-state index in [4.69, 9.17) is 0 Å². The molecule has 0 radical (unpaired) electrons. The summed E-state index contributed by atoms with van der Waals surface area (Å²) in [6.45, 7) is 12.9. The number of aromatic nitrogens is 1. The summed E-state index contributed by atoms with van der Waals surface area (Å²) in [5.41, 5.74) is 2.23. The molecule has 0 aliphatic carbocycles. The van der Waals surface area contributed by atoms with Crippen LogP contribution >= 0.6 is 0 Å². The third-order valence-electron chi connectivity index (χ3n) is 7.02. The molecule has 1 atom stereocenters. The van der Waals surface area contributed by atoms with E-state index in [0.29, 0.717) is 43.3 Å². The average molecular weight is 509 g/mol. The third kappa shape index (κ3) is 6.78. The molecular formula is C28H40N6O3. The molecule has 0 saturated carbocycles. The largest absolute Gasteiger partial charge is 0.396 e. The van der Waals surface area contributed by atoms with E-state index in [1.165, 1.54) is 0 Å². The fourth-order valence-electron chi connectivity index (χ4n) is 4.95. The fraction of sp³-hybridized carbons (Fsp3) is 0.536. The molecule has 0 spiro atoms. The molecule has 2 aliphatic rings. The maximum absolute atomic E-state index is 13.1. The summed E-state index contributed by atoms with van der Waals surface area (Å²) < 4.78 is 0. The number of piperazine rings is 2. The van der Waals surface area contributed by atoms with Crippen LogP contribution in [0.15, 0.2) is 42.6 Å². The summed E-state index contributed by atoms with van der Waals surface area (Å²) in [6, 6.07) is 11.4. The molecule has 2 N–H and O–H groups in total. The molecule has 3 heterocycles. The molecule has 37 heavy (non-hydrogen) atoms. The van der Waals surface area contributed by atoms with Crippen molar-refractivity contribution < 1.29 is 14.7 Å². The summed E-state index contributed by atoms with van der Waals surface area (Å²) in [5.74, 6) is 1.16. The second-order valence-corrected chi connectivity index (χ2v) is 10.4. The highest BCUT2D eigenvalue weighted by Gasteiger charge is 2.26. The van der Waals surface area contributed by atoms with Gasteiger partial charge in [0.25, 0.3) is 11.8 Å². The van der Waals surface area contributed by atoms with E-state index in [1.807, 2.05) is 28.9 Å². The summed E-state index contributed by atoms with van der Waals surface area (Å²) in [7, 11) is 0. The molecule has 2 fully saturated rings. The maximum atomic E-state index is 13.1. The van der Waals surface area contributed by atoms with Gasteiger partial charge in [-0.2, -0.15) is 0 Å². The van der Waals surface area contributed by atoms with Crippen molar-refractivity contribution in [3.05, 3.63) is 53.7 Å². The van der Waals surface area contributed by atoms with E-state index in [1.54, 1.807) is 30.5 Å². The molecule has 0 unspecified atom stereocenters. The summed E-state index contributed by atoms with van der Waals surface area (Å²) in [6.07, 6.45) is 1.80. The van der Waals surface area contributed by atoms with Crippen molar-refractivity contribution in [3.8, 4) is 0 Å². The van der Waals surface area contributed by atoms with Gasteiger partial charge in [-0.05, 0) is 56.2 Å².